The summed E-state index contributed by atoms with van der Waals surface area (Å²) in [7, 11) is 0. The topological polar surface area (TPSA) is 101 Å². The molecule has 0 bridgehead atoms. The summed E-state index contributed by atoms with van der Waals surface area (Å²) in [6.07, 6.45) is 3.26. The van der Waals surface area contributed by atoms with Gasteiger partial charge in [-0.25, -0.2) is 0 Å². The molecular weight excluding hydrogens is 358 g/mol. The van der Waals surface area contributed by atoms with Gasteiger partial charge >= 0.3 is 0 Å². The maximum absolute atomic E-state index is 12.7. The first-order valence-corrected chi connectivity index (χ1v) is 9.31. The number of hydrogen-bond donors (Lipinski definition) is 1. The second-order valence-electron chi connectivity index (χ2n) is 7.11. The summed E-state index contributed by atoms with van der Waals surface area (Å²) in [5.74, 6) is 1.58. The third kappa shape index (κ3) is 2.87. The lowest BCUT2D eigenvalue weighted by atomic mass is 9.97. The number of rotatable bonds is 3. The van der Waals surface area contributed by atoms with Gasteiger partial charge in [-0.05, 0) is 31.9 Å². The van der Waals surface area contributed by atoms with E-state index in [1.165, 1.54) is 6.20 Å². The molecule has 142 valence electrons. The van der Waals surface area contributed by atoms with E-state index in [0.29, 0.717) is 36.1 Å². The van der Waals surface area contributed by atoms with Crippen LogP contribution in [0.3, 0.4) is 0 Å². The molecule has 4 aromatic rings. The predicted octanol–water partition coefficient (Wildman–Crippen LogP) is 3.53. The molecular formula is C20H19N5O3. The zero-order valence-electron chi connectivity index (χ0n) is 15.4. The Labute approximate surface area is 160 Å². The molecule has 1 saturated heterocycles. The van der Waals surface area contributed by atoms with Gasteiger partial charge in [0, 0.05) is 24.0 Å². The molecule has 1 atom stereocenters. The van der Waals surface area contributed by atoms with Crippen LogP contribution in [-0.4, -0.2) is 44.2 Å². The van der Waals surface area contributed by atoms with Crippen LogP contribution in [0.5, 0.6) is 0 Å². The minimum absolute atomic E-state index is 0.0171. The average molecular weight is 377 g/mol. The van der Waals surface area contributed by atoms with Crippen molar-refractivity contribution < 1.29 is 13.8 Å². The summed E-state index contributed by atoms with van der Waals surface area (Å²) in [6, 6.07) is 10.0. The molecule has 28 heavy (non-hydrogen) atoms. The molecule has 1 aromatic carbocycles. The van der Waals surface area contributed by atoms with E-state index in [4.69, 9.17) is 9.05 Å². The number of aryl methyl sites for hydroxylation is 1. The first kappa shape index (κ1) is 16.7. The number of hydrogen-bond acceptors (Lipinski definition) is 6. The Balaban J connectivity index is 1.36. The van der Waals surface area contributed by atoms with Crippen molar-refractivity contribution in [1.29, 1.82) is 0 Å². The van der Waals surface area contributed by atoms with Gasteiger partial charge < -0.3 is 18.9 Å². The highest BCUT2D eigenvalue weighted by Gasteiger charge is 2.30. The molecule has 1 unspecified atom stereocenters. The van der Waals surface area contributed by atoms with Crippen LogP contribution in [0, 0.1) is 6.92 Å². The van der Waals surface area contributed by atoms with Gasteiger partial charge in [-0.3, -0.25) is 4.79 Å². The molecule has 0 saturated carbocycles. The van der Waals surface area contributed by atoms with Gasteiger partial charge in [-0.1, -0.05) is 28.5 Å². The summed E-state index contributed by atoms with van der Waals surface area (Å²) < 4.78 is 10.6. The number of nitrogens with zero attached hydrogens (tertiary/aromatic N) is 4. The molecule has 0 aliphatic carbocycles. The maximum Gasteiger partial charge on any atom is 0.259 e. The molecule has 1 aliphatic rings. The summed E-state index contributed by atoms with van der Waals surface area (Å²) in [5, 5.41) is 8.95. The number of nitrogens with one attached hydrogen (secondary N) is 1. The van der Waals surface area contributed by atoms with Crippen LogP contribution in [-0.2, 0) is 0 Å². The minimum atomic E-state index is -0.0705. The highest BCUT2D eigenvalue weighted by Crippen LogP contribution is 2.29. The fourth-order valence-corrected chi connectivity index (χ4v) is 3.74. The van der Waals surface area contributed by atoms with Gasteiger partial charge in [-0.2, -0.15) is 4.98 Å². The number of para-hydroxylation sites is 1. The monoisotopic (exact) mass is 377 g/mol. The van der Waals surface area contributed by atoms with E-state index in [-0.39, 0.29) is 11.8 Å². The molecule has 4 heterocycles. The molecule has 0 radical (unpaired) electrons. The number of aromatic amines is 1. The molecule has 3 aromatic heterocycles. The first-order chi connectivity index (χ1) is 13.7. The van der Waals surface area contributed by atoms with Gasteiger partial charge in [0.2, 0.25) is 11.7 Å². The number of H-pyrrole nitrogens is 1. The number of likely N-dealkylation sites (tertiary alicyclic amines) is 1. The van der Waals surface area contributed by atoms with Crippen LogP contribution in [0.4, 0.5) is 0 Å². The SMILES string of the molecule is Cc1oncc1C(=O)N1CCCC(c2nc(-c3cc4ccccc4[nH]3)no2)C1. The van der Waals surface area contributed by atoms with Gasteiger partial charge in [0.1, 0.15) is 11.3 Å². The minimum Gasteiger partial charge on any atom is -0.361 e. The van der Waals surface area contributed by atoms with Gasteiger partial charge in [-0.15, -0.1) is 0 Å². The lowest BCUT2D eigenvalue weighted by molar-refractivity contribution is 0.0694. The molecule has 0 spiro atoms. The molecule has 8 heteroatoms. The highest BCUT2D eigenvalue weighted by atomic mass is 16.5. The Bertz CT molecular complexity index is 1110. The lowest BCUT2D eigenvalue weighted by Crippen LogP contribution is -2.39. The van der Waals surface area contributed by atoms with Crippen LogP contribution in [0.1, 0.15) is 40.8 Å². The fourth-order valence-electron chi connectivity index (χ4n) is 3.74. The maximum atomic E-state index is 12.7. The number of benzene rings is 1. The molecule has 5 rings (SSSR count). The molecule has 1 amide bonds. The zero-order chi connectivity index (χ0) is 19.1. The van der Waals surface area contributed by atoms with E-state index in [2.05, 4.69) is 20.3 Å². The number of piperidine rings is 1. The van der Waals surface area contributed by atoms with Crippen molar-refractivity contribution in [3.63, 3.8) is 0 Å². The average Bonchev–Trinajstić information content (AvgIpc) is 3.46. The Morgan fingerprint density at radius 3 is 3.00 bits per heavy atom. The van der Waals surface area contributed by atoms with E-state index in [9.17, 15) is 4.79 Å². The van der Waals surface area contributed by atoms with Crippen molar-refractivity contribution in [3.05, 3.63) is 53.7 Å². The smallest absolute Gasteiger partial charge is 0.259 e. The summed E-state index contributed by atoms with van der Waals surface area (Å²) in [6.45, 7) is 2.98. The van der Waals surface area contributed by atoms with Crippen molar-refractivity contribution in [3.8, 4) is 11.5 Å². The summed E-state index contributed by atoms with van der Waals surface area (Å²) in [4.78, 5) is 22.5. The Kier molecular flexibility index (Phi) is 3.96. The molecule has 1 fully saturated rings. The van der Waals surface area contributed by atoms with E-state index in [0.717, 1.165) is 29.4 Å². The standard InChI is InChI=1S/C20H19N5O3/c1-12-15(10-21-27-12)20(26)25-8-4-6-14(11-25)19-23-18(24-28-19)17-9-13-5-2-3-7-16(13)22-17/h2-3,5,7,9-10,14,22H,4,6,8,11H2,1H3. The fraction of sp³-hybridized carbons (Fsp3) is 0.300. The van der Waals surface area contributed by atoms with Crippen LogP contribution < -0.4 is 0 Å². The van der Waals surface area contributed by atoms with Crippen LogP contribution >= 0.6 is 0 Å². The largest absolute Gasteiger partial charge is 0.361 e. The molecule has 1 aliphatic heterocycles. The van der Waals surface area contributed by atoms with E-state index < -0.39 is 0 Å². The third-order valence-corrected chi connectivity index (χ3v) is 5.25. The summed E-state index contributed by atoms with van der Waals surface area (Å²) in [5.41, 5.74) is 2.35. The van der Waals surface area contributed by atoms with Crippen molar-refractivity contribution >= 4 is 16.8 Å². The number of fused-ring (bicyclic) bond motifs is 1. The van der Waals surface area contributed by atoms with Gasteiger partial charge in [0.25, 0.3) is 5.91 Å². The molecule has 8 nitrogen and oxygen atoms in total. The normalized spacial score (nSPS) is 17.3. The number of carbonyl (C=O) groups excluding carboxylic acids is 1. The Morgan fingerprint density at radius 2 is 2.18 bits per heavy atom. The van der Waals surface area contributed by atoms with Crippen molar-refractivity contribution in [1.82, 2.24) is 25.2 Å². The van der Waals surface area contributed by atoms with Crippen LogP contribution in [0.2, 0.25) is 0 Å². The number of aromatic nitrogens is 4. The van der Waals surface area contributed by atoms with Crippen LogP contribution in [0.25, 0.3) is 22.4 Å². The quantitative estimate of drug-likeness (QED) is 0.586. The Morgan fingerprint density at radius 1 is 1.29 bits per heavy atom. The van der Waals surface area contributed by atoms with Gasteiger partial charge in [0.05, 0.1) is 17.8 Å². The van der Waals surface area contributed by atoms with Crippen molar-refractivity contribution in [2.45, 2.75) is 25.7 Å². The van der Waals surface area contributed by atoms with E-state index in [1.54, 1.807) is 11.8 Å². The van der Waals surface area contributed by atoms with E-state index >= 15 is 0 Å². The predicted molar refractivity (Wildman–Crippen MR) is 101 cm³/mol. The Hall–Kier alpha value is -3.42. The highest BCUT2D eigenvalue weighted by molar-refractivity contribution is 5.94. The van der Waals surface area contributed by atoms with Crippen molar-refractivity contribution in [2.75, 3.05) is 13.1 Å². The van der Waals surface area contributed by atoms with Gasteiger partial charge in [0.15, 0.2) is 0 Å². The number of carbonyl (C=O) groups is 1. The van der Waals surface area contributed by atoms with Crippen LogP contribution in [0.15, 0.2) is 45.6 Å². The van der Waals surface area contributed by atoms with Crippen molar-refractivity contribution in [2.24, 2.45) is 0 Å². The first-order valence-electron chi connectivity index (χ1n) is 9.31. The third-order valence-electron chi connectivity index (χ3n) is 5.25. The zero-order valence-corrected chi connectivity index (χ0v) is 15.4. The second kappa shape index (κ2) is 6.63. The molecule has 1 N–H and O–H groups in total. The van der Waals surface area contributed by atoms with E-state index in [1.807, 2.05) is 30.3 Å². The second-order valence-corrected chi connectivity index (χ2v) is 7.11. The lowest BCUT2D eigenvalue weighted by Gasteiger charge is -2.30. The summed E-state index contributed by atoms with van der Waals surface area (Å²) >= 11 is 0. The number of amides is 1.